The van der Waals surface area contributed by atoms with Crippen LogP contribution in [-0.2, 0) is 9.53 Å². The van der Waals surface area contributed by atoms with Crippen molar-refractivity contribution >= 4 is 11.9 Å². The van der Waals surface area contributed by atoms with Crippen LogP contribution < -0.4 is 16.0 Å². The number of hydrogen-bond acceptors (Lipinski definition) is 4. The molecule has 2 rings (SSSR count). The molecule has 1 saturated carbocycles. The summed E-state index contributed by atoms with van der Waals surface area (Å²) < 4.78 is 5.89. The molecule has 2 fully saturated rings. The molecule has 0 aromatic heterocycles. The maximum absolute atomic E-state index is 11.8. The first-order valence-electron chi connectivity index (χ1n) is 9.10. The molecule has 3 amide bonds. The van der Waals surface area contributed by atoms with E-state index in [1.165, 1.54) is 0 Å². The first kappa shape index (κ1) is 19.0. The van der Waals surface area contributed by atoms with E-state index in [-0.39, 0.29) is 42.7 Å². The SMILES string of the molecule is CC(C)NC(=O)N[C@@H]1CC[C@@H](CCNC(=O)C2CCC2)O[C@H]1CO. The summed E-state index contributed by atoms with van der Waals surface area (Å²) in [5, 5.41) is 18.2. The second-order valence-corrected chi connectivity index (χ2v) is 7.14. The smallest absolute Gasteiger partial charge is 0.315 e. The minimum absolute atomic E-state index is 0.00931. The highest BCUT2D eigenvalue weighted by molar-refractivity contribution is 5.79. The number of carbonyl (C=O) groups excluding carboxylic acids is 2. The van der Waals surface area contributed by atoms with Crippen molar-refractivity contribution in [2.24, 2.45) is 5.92 Å². The molecule has 4 N–H and O–H groups in total. The summed E-state index contributed by atoms with van der Waals surface area (Å²) in [5.74, 6) is 0.358. The maximum Gasteiger partial charge on any atom is 0.315 e. The quantitative estimate of drug-likeness (QED) is 0.553. The molecule has 7 heteroatoms. The largest absolute Gasteiger partial charge is 0.394 e. The Hall–Kier alpha value is -1.34. The summed E-state index contributed by atoms with van der Waals surface area (Å²) in [5.41, 5.74) is 0. The Morgan fingerprint density at radius 1 is 1.21 bits per heavy atom. The molecule has 7 nitrogen and oxygen atoms in total. The summed E-state index contributed by atoms with van der Waals surface area (Å²) in [4.78, 5) is 23.6. The van der Waals surface area contributed by atoms with Gasteiger partial charge in [-0.2, -0.15) is 0 Å². The fraction of sp³-hybridized carbons (Fsp3) is 0.882. The molecule has 0 bridgehead atoms. The van der Waals surface area contributed by atoms with Gasteiger partial charge < -0.3 is 25.8 Å². The Bertz CT molecular complexity index is 426. The third-order valence-corrected chi connectivity index (χ3v) is 4.77. The highest BCUT2D eigenvalue weighted by Crippen LogP contribution is 2.26. The van der Waals surface area contributed by atoms with Crippen molar-refractivity contribution in [3.8, 4) is 0 Å². The molecule has 24 heavy (non-hydrogen) atoms. The van der Waals surface area contributed by atoms with Crippen molar-refractivity contribution in [3.05, 3.63) is 0 Å². The fourth-order valence-corrected chi connectivity index (χ4v) is 3.15. The topological polar surface area (TPSA) is 99.7 Å². The third kappa shape index (κ3) is 5.63. The number of urea groups is 1. The molecule has 138 valence electrons. The average molecular weight is 341 g/mol. The molecule has 0 spiro atoms. The Labute approximate surface area is 143 Å². The van der Waals surface area contributed by atoms with Crippen LogP contribution in [0.1, 0.15) is 52.4 Å². The van der Waals surface area contributed by atoms with E-state index in [1.54, 1.807) is 0 Å². The Kier molecular flexibility index (Phi) is 7.30. The molecule has 1 saturated heterocycles. The minimum atomic E-state index is -0.399. The van der Waals surface area contributed by atoms with Crippen molar-refractivity contribution in [2.75, 3.05) is 13.2 Å². The first-order valence-corrected chi connectivity index (χ1v) is 9.10. The van der Waals surface area contributed by atoms with Crippen LogP contribution in [0.3, 0.4) is 0 Å². The summed E-state index contributed by atoms with van der Waals surface area (Å²) in [6.45, 7) is 4.27. The lowest BCUT2D eigenvalue weighted by Crippen LogP contribution is -2.54. The van der Waals surface area contributed by atoms with Crippen LogP contribution in [0, 0.1) is 5.92 Å². The fourth-order valence-electron chi connectivity index (χ4n) is 3.15. The molecular weight excluding hydrogens is 310 g/mol. The van der Waals surface area contributed by atoms with Crippen molar-refractivity contribution in [3.63, 3.8) is 0 Å². The molecular formula is C17H31N3O4. The lowest BCUT2D eigenvalue weighted by atomic mass is 9.85. The average Bonchev–Trinajstić information content (AvgIpc) is 2.45. The van der Waals surface area contributed by atoms with Gasteiger partial charge in [0.05, 0.1) is 18.8 Å². The Morgan fingerprint density at radius 3 is 2.54 bits per heavy atom. The minimum Gasteiger partial charge on any atom is -0.394 e. The van der Waals surface area contributed by atoms with Crippen LogP contribution in [0.25, 0.3) is 0 Å². The number of hydrogen-bond donors (Lipinski definition) is 4. The van der Waals surface area contributed by atoms with Gasteiger partial charge >= 0.3 is 6.03 Å². The van der Waals surface area contributed by atoms with Gasteiger partial charge in [0.2, 0.25) is 5.91 Å². The zero-order chi connectivity index (χ0) is 17.5. The lowest BCUT2D eigenvalue weighted by Gasteiger charge is -2.36. The summed E-state index contributed by atoms with van der Waals surface area (Å²) >= 11 is 0. The zero-order valence-corrected chi connectivity index (χ0v) is 14.7. The van der Waals surface area contributed by atoms with Crippen molar-refractivity contribution < 1.29 is 19.4 Å². The number of amides is 3. The number of carbonyl (C=O) groups is 2. The van der Waals surface area contributed by atoms with Crippen LogP contribution in [-0.4, -0.2) is 54.5 Å². The van der Waals surface area contributed by atoms with Gasteiger partial charge in [-0.1, -0.05) is 6.42 Å². The van der Waals surface area contributed by atoms with Crippen molar-refractivity contribution in [1.29, 1.82) is 0 Å². The maximum atomic E-state index is 11.8. The van der Waals surface area contributed by atoms with Gasteiger partial charge in [-0.3, -0.25) is 4.79 Å². The van der Waals surface area contributed by atoms with Gasteiger partial charge in [-0.25, -0.2) is 4.79 Å². The van der Waals surface area contributed by atoms with Crippen molar-refractivity contribution in [2.45, 2.75) is 76.7 Å². The molecule has 3 atom stereocenters. The molecule has 1 heterocycles. The summed E-state index contributed by atoms with van der Waals surface area (Å²) in [7, 11) is 0. The van der Waals surface area contributed by atoms with Crippen LogP contribution in [0.4, 0.5) is 4.79 Å². The van der Waals surface area contributed by atoms with Crippen LogP contribution in [0.15, 0.2) is 0 Å². The van der Waals surface area contributed by atoms with E-state index in [4.69, 9.17) is 4.74 Å². The summed E-state index contributed by atoms with van der Waals surface area (Å²) in [6.07, 6.45) is 5.08. The molecule has 0 aromatic rings. The van der Waals surface area contributed by atoms with E-state index in [0.29, 0.717) is 6.54 Å². The molecule has 2 aliphatic rings. The van der Waals surface area contributed by atoms with Gasteiger partial charge in [-0.15, -0.1) is 0 Å². The molecule has 0 unspecified atom stereocenters. The van der Waals surface area contributed by atoms with Gasteiger partial charge in [0, 0.05) is 18.5 Å². The zero-order valence-electron chi connectivity index (χ0n) is 14.7. The van der Waals surface area contributed by atoms with Crippen molar-refractivity contribution in [1.82, 2.24) is 16.0 Å². The Morgan fingerprint density at radius 2 is 1.96 bits per heavy atom. The number of aliphatic hydroxyl groups is 1. The van der Waals surface area contributed by atoms with Gasteiger partial charge in [-0.05, 0) is 46.0 Å². The highest BCUT2D eigenvalue weighted by atomic mass is 16.5. The number of rotatable bonds is 7. The molecule has 0 aromatic carbocycles. The van der Waals surface area contributed by atoms with E-state index in [0.717, 1.165) is 38.5 Å². The number of ether oxygens (including phenoxy) is 1. The van der Waals surface area contributed by atoms with Crippen LogP contribution in [0.2, 0.25) is 0 Å². The first-order chi connectivity index (χ1) is 11.5. The van der Waals surface area contributed by atoms with E-state index >= 15 is 0 Å². The van der Waals surface area contributed by atoms with Gasteiger partial charge in [0.25, 0.3) is 0 Å². The second kappa shape index (κ2) is 9.22. The lowest BCUT2D eigenvalue weighted by molar-refractivity contribution is -0.127. The Balaban J connectivity index is 1.69. The van der Waals surface area contributed by atoms with Gasteiger partial charge in [0.15, 0.2) is 0 Å². The molecule has 0 radical (unpaired) electrons. The number of nitrogens with one attached hydrogen (secondary N) is 3. The standard InChI is InChI=1S/C17H31N3O4/c1-11(2)19-17(23)20-14-7-6-13(24-15(14)10-21)8-9-18-16(22)12-4-3-5-12/h11-15,21H,3-10H2,1-2H3,(H,18,22)(H2,19,20,23)/t13-,14+,15-/m0/s1. The second-order valence-electron chi connectivity index (χ2n) is 7.14. The monoisotopic (exact) mass is 341 g/mol. The molecule has 1 aliphatic heterocycles. The van der Waals surface area contributed by atoms with E-state index in [1.807, 2.05) is 13.8 Å². The predicted octanol–water partition coefficient (Wildman–Crippen LogP) is 0.909. The predicted molar refractivity (Wildman–Crippen MR) is 90.5 cm³/mol. The normalized spacial score (nSPS) is 27.4. The highest BCUT2D eigenvalue weighted by Gasteiger charge is 2.32. The summed E-state index contributed by atoms with van der Waals surface area (Å²) in [6, 6.07) is -0.355. The number of aliphatic hydroxyl groups excluding tert-OH is 1. The molecule has 1 aliphatic carbocycles. The van der Waals surface area contributed by atoms with Crippen LogP contribution >= 0.6 is 0 Å². The van der Waals surface area contributed by atoms with Crippen LogP contribution in [0.5, 0.6) is 0 Å². The third-order valence-electron chi connectivity index (χ3n) is 4.77. The van der Waals surface area contributed by atoms with E-state index in [2.05, 4.69) is 16.0 Å². The van der Waals surface area contributed by atoms with Gasteiger partial charge in [0.1, 0.15) is 6.10 Å². The van der Waals surface area contributed by atoms with E-state index < -0.39 is 6.10 Å². The van der Waals surface area contributed by atoms with E-state index in [9.17, 15) is 14.7 Å².